The number of ether oxygens (including phenoxy) is 2. The first kappa shape index (κ1) is 13.7. The molecule has 0 atom stereocenters. The van der Waals surface area contributed by atoms with Gasteiger partial charge in [-0.3, -0.25) is 0 Å². The van der Waals surface area contributed by atoms with Gasteiger partial charge in [-0.1, -0.05) is 6.07 Å². The first-order valence-corrected chi connectivity index (χ1v) is 5.76. The van der Waals surface area contributed by atoms with Crippen LogP contribution in [0.1, 0.15) is 16.1 Å². The lowest BCUT2D eigenvalue weighted by molar-refractivity contribution is -0.131. The number of nitrogens with one attached hydrogen (secondary N) is 1. The Morgan fingerprint density at radius 1 is 1.30 bits per heavy atom. The number of rotatable bonds is 4. The Morgan fingerprint density at radius 2 is 2.05 bits per heavy atom. The molecular weight excluding hydrogens is 262 g/mol. The Kier molecular flexibility index (Phi) is 3.74. The fourth-order valence-corrected chi connectivity index (χ4v) is 1.99. The van der Waals surface area contributed by atoms with Gasteiger partial charge in [0.05, 0.1) is 19.7 Å². The smallest absolute Gasteiger partial charge is 0.355 e. The summed E-state index contributed by atoms with van der Waals surface area (Å²) in [5.41, 5.74) is 1.27. The number of hydrogen-bond acceptors (Lipinski definition) is 4. The highest BCUT2D eigenvalue weighted by Crippen LogP contribution is 2.32. The fraction of sp³-hybridized carbons (Fsp3) is 0.143. The monoisotopic (exact) mass is 275 g/mol. The number of esters is 1. The summed E-state index contributed by atoms with van der Waals surface area (Å²) >= 11 is 0. The Bertz CT molecular complexity index is 699. The molecule has 0 aliphatic rings. The van der Waals surface area contributed by atoms with Crippen LogP contribution < -0.4 is 4.74 Å². The molecule has 6 heteroatoms. The van der Waals surface area contributed by atoms with Gasteiger partial charge in [0, 0.05) is 17.0 Å². The zero-order valence-electron chi connectivity index (χ0n) is 11.0. The number of benzene rings is 1. The molecule has 104 valence electrons. The molecule has 2 aromatic rings. The van der Waals surface area contributed by atoms with Crippen molar-refractivity contribution in [2.45, 2.75) is 0 Å². The predicted octanol–water partition coefficient (Wildman–Crippen LogP) is 2.06. The van der Waals surface area contributed by atoms with Crippen molar-refractivity contribution < 1.29 is 24.2 Å². The molecule has 6 nitrogen and oxygen atoms in total. The predicted molar refractivity (Wildman–Crippen MR) is 72.9 cm³/mol. The van der Waals surface area contributed by atoms with E-state index >= 15 is 0 Å². The van der Waals surface area contributed by atoms with Crippen LogP contribution in [0.15, 0.2) is 24.3 Å². The fourth-order valence-electron chi connectivity index (χ4n) is 1.99. The summed E-state index contributed by atoms with van der Waals surface area (Å²) in [5.74, 6) is -1.14. The van der Waals surface area contributed by atoms with E-state index in [2.05, 4.69) is 4.98 Å². The van der Waals surface area contributed by atoms with E-state index in [0.29, 0.717) is 22.2 Å². The van der Waals surface area contributed by atoms with E-state index in [1.165, 1.54) is 20.3 Å². The number of H-pyrrole nitrogens is 1. The van der Waals surface area contributed by atoms with Gasteiger partial charge in [-0.25, -0.2) is 9.59 Å². The Balaban J connectivity index is 2.76. The number of carbonyl (C=O) groups is 2. The first-order valence-electron chi connectivity index (χ1n) is 5.76. The van der Waals surface area contributed by atoms with Gasteiger partial charge in [-0.15, -0.1) is 0 Å². The van der Waals surface area contributed by atoms with Gasteiger partial charge >= 0.3 is 11.9 Å². The zero-order chi connectivity index (χ0) is 14.7. The zero-order valence-corrected chi connectivity index (χ0v) is 11.0. The van der Waals surface area contributed by atoms with Crippen molar-refractivity contribution in [3.8, 4) is 5.75 Å². The van der Waals surface area contributed by atoms with E-state index in [4.69, 9.17) is 14.6 Å². The Morgan fingerprint density at radius 3 is 2.65 bits per heavy atom. The summed E-state index contributed by atoms with van der Waals surface area (Å²) in [7, 11) is 2.76. The van der Waals surface area contributed by atoms with E-state index in [1.54, 1.807) is 18.2 Å². The highest BCUT2D eigenvalue weighted by molar-refractivity contribution is 6.06. The third-order valence-corrected chi connectivity index (χ3v) is 2.83. The molecule has 0 spiro atoms. The molecule has 0 amide bonds. The molecule has 1 aromatic heterocycles. The van der Waals surface area contributed by atoms with Gasteiger partial charge in [0.1, 0.15) is 11.4 Å². The van der Waals surface area contributed by atoms with Gasteiger partial charge < -0.3 is 19.6 Å². The molecule has 0 saturated heterocycles. The van der Waals surface area contributed by atoms with Crippen LogP contribution in [0.5, 0.6) is 5.75 Å². The molecule has 2 rings (SSSR count). The minimum atomic E-state index is -1.11. The number of hydrogen-bond donors (Lipinski definition) is 2. The normalized spacial score (nSPS) is 10.9. The van der Waals surface area contributed by atoms with Crippen LogP contribution in [0.25, 0.3) is 17.0 Å². The molecule has 0 aliphatic carbocycles. The van der Waals surface area contributed by atoms with E-state index in [9.17, 15) is 9.59 Å². The maximum atomic E-state index is 11.8. The summed E-state index contributed by atoms with van der Waals surface area (Å²) in [6.45, 7) is 0. The summed E-state index contributed by atoms with van der Waals surface area (Å²) in [4.78, 5) is 25.4. The van der Waals surface area contributed by atoms with Crippen LogP contribution in [-0.2, 0) is 9.53 Å². The number of carboxylic acids is 1. The Hall–Kier alpha value is -2.76. The third-order valence-electron chi connectivity index (χ3n) is 2.83. The number of carbonyl (C=O) groups excluding carboxylic acids is 1. The van der Waals surface area contributed by atoms with Crippen molar-refractivity contribution in [1.82, 2.24) is 4.98 Å². The van der Waals surface area contributed by atoms with E-state index in [0.717, 1.165) is 6.08 Å². The van der Waals surface area contributed by atoms with Crippen LogP contribution in [-0.4, -0.2) is 36.2 Å². The SMILES string of the molecule is COC(=O)c1[nH]c2cccc(OC)c2c1/C=C/C(=O)O. The van der Waals surface area contributed by atoms with Crippen LogP contribution in [0.3, 0.4) is 0 Å². The largest absolute Gasteiger partial charge is 0.496 e. The number of methoxy groups -OCH3 is 2. The lowest BCUT2D eigenvalue weighted by Gasteiger charge is -2.02. The molecule has 0 aliphatic heterocycles. The molecule has 0 radical (unpaired) electrons. The standard InChI is InChI=1S/C14H13NO5/c1-19-10-5-3-4-9-12(10)8(6-7-11(16)17)13(15-9)14(18)20-2/h3-7,15H,1-2H3,(H,16,17)/b7-6+. The molecule has 0 saturated carbocycles. The molecular formula is C14H13NO5. The minimum absolute atomic E-state index is 0.185. The molecule has 0 unspecified atom stereocenters. The number of aromatic nitrogens is 1. The third kappa shape index (κ3) is 2.35. The molecule has 0 bridgehead atoms. The summed E-state index contributed by atoms with van der Waals surface area (Å²) in [5, 5.41) is 9.39. The van der Waals surface area contributed by atoms with Crippen LogP contribution >= 0.6 is 0 Å². The summed E-state index contributed by atoms with van der Waals surface area (Å²) in [6, 6.07) is 5.27. The second kappa shape index (κ2) is 5.48. The van der Waals surface area contributed by atoms with Gasteiger partial charge in [-0.05, 0) is 18.2 Å². The van der Waals surface area contributed by atoms with Gasteiger partial charge in [0.2, 0.25) is 0 Å². The highest BCUT2D eigenvalue weighted by Gasteiger charge is 2.19. The molecule has 1 heterocycles. The van der Waals surface area contributed by atoms with Gasteiger partial charge in [0.25, 0.3) is 0 Å². The maximum Gasteiger partial charge on any atom is 0.355 e. The highest BCUT2D eigenvalue weighted by atomic mass is 16.5. The van der Waals surface area contributed by atoms with Gasteiger partial charge in [-0.2, -0.15) is 0 Å². The second-order valence-corrected chi connectivity index (χ2v) is 3.96. The van der Waals surface area contributed by atoms with E-state index < -0.39 is 11.9 Å². The summed E-state index contributed by atoms with van der Waals surface area (Å²) in [6.07, 6.45) is 2.30. The topological polar surface area (TPSA) is 88.6 Å². The van der Waals surface area contributed by atoms with Crippen molar-refractivity contribution in [2.75, 3.05) is 14.2 Å². The molecule has 0 fully saturated rings. The number of carboxylic acid groups (broad SMARTS) is 1. The Labute approximate surface area is 114 Å². The minimum Gasteiger partial charge on any atom is -0.496 e. The van der Waals surface area contributed by atoms with Crippen LogP contribution in [0, 0.1) is 0 Å². The lowest BCUT2D eigenvalue weighted by Crippen LogP contribution is -2.03. The van der Waals surface area contributed by atoms with Crippen molar-refractivity contribution >= 4 is 28.9 Å². The molecule has 2 N–H and O–H groups in total. The molecule has 1 aromatic carbocycles. The maximum absolute atomic E-state index is 11.8. The van der Waals surface area contributed by atoms with Crippen molar-refractivity contribution in [1.29, 1.82) is 0 Å². The van der Waals surface area contributed by atoms with Crippen molar-refractivity contribution in [2.24, 2.45) is 0 Å². The average Bonchev–Trinajstić information content (AvgIpc) is 2.82. The van der Waals surface area contributed by atoms with Gasteiger partial charge in [0.15, 0.2) is 0 Å². The number of fused-ring (bicyclic) bond motifs is 1. The summed E-state index contributed by atoms with van der Waals surface area (Å²) < 4.78 is 9.94. The lowest BCUT2D eigenvalue weighted by atomic mass is 10.1. The number of aliphatic carboxylic acids is 1. The van der Waals surface area contributed by atoms with Crippen molar-refractivity contribution in [3.63, 3.8) is 0 Å². The van der Waals surface area contributed by atoms with Crippen molar-refractivity contribution in [3.05, 3.63) is 35.5 Å². The van der Waals surface area contributed by atoms with E-state index in [1.807, 2.05) is 0 Å². The average molecular weight is 275 g/mol. The second-order valence-electron chi connectivity index (χ2n) is 3.96. The van der Waals surface area contributed by atoms with Crippen LogP contribution in [0.2, 0.25) is 0 Å². The first-order chi connectivity index (χ1) is 9.58. The van der Waals surface area contributed by atoms with Crippen LogP contribution in [0.4, 0.5) is 0 Å². The quantitative estimate of drug-likeness (QED) is 0.658. The molecule has 20 heavy (non-hydrogen) atoms. The number of aromatic amines is 1. The van der Waals surface area contributed by atoms with E-state index in [-0.39, 0.29) is 5.69 Å².